The molecule has 0 fully saturated rings. The van der Waals surface area contributed by atoms with Crippen molar-refractivity contribution in [2.75, 3.05) is 7.11 Å². The Morgan fingerprint density at radius 1 is 1.47 bits per heavy atom. The maximum absolute atomic E-state index is 11.1. The highest BCUT2D eigenvalue weighted by Crippen LogP contribution is 2.12. The first kappa shape index (κ1) is 13.2. The van der Waals surface area contributed by atoms with Gasteiger partial charge in [0.25, 0.3) is 0 Å². The molecule has 0 heterocycles. The number of carboxylic acid groups (broad SMARTS) is 1. The summed E-state index contributed by atoms with van der Waals surface area (Å²) < 4.78 is 4.51. The van der Waals surface area contributed by atoms with Gasteiger partial charge in [0.05, 0.1) is 12.7 Å². The number of carboxylic acids is 1. The van der Waals surface area contributed by atoms with Crippen molar-refractivity contribution in [2.24, 2.45) is 5.73 Å². The van der Waals surface area contributed by atoms with Gasteiger partial charge in [0.15, 0.2) is 0 Å². The van der Waals surface area contributed by atoms with Crippen LogP contribution in [-0.4, -0.2) is 30.2 Å². The molecule has 0 saturated heterocycles. The van der Waals surface area contributed by atoms with Gasteiger partial charge < -0.3 is 15.6 Å². The van der Waals surface area contributed by atoms with Crippen LogP contribution >= 0.6 is 0 Å². The Morgan fingerprint density at radius 2 is 2.12 bits per heavy atom. The molecule has 1 atom stereocenters. The Morgan fingerprint density at radius 3 is 2.65 bits per heavy atom. The molecule has 3 N–H and O–H groups in total. The Kier molecular flexibility index (Phi) is 4.23. The molecule has 0 aliphatic heterocycles. The molecule has 1 aromatic rings. The molecular formula is C12H15NO4. The van der Waals surface area contributed by atoms with Gasteiger partial charge >= 0.3 is 11.9 Å². The summed E-state index contributed by atoms with van der Waals surface area (Å²) in [5, 5.41) is 8.96. The molecule has 0 unspecified atom stereocenters. The van der Waals surface area contributed by atoms with Crippen molar-refractivity contribution in [2.45, 2.75) is 19.4 Å². The van der Waals surface area contributed by atoms with E-state index >= 15 is 0 Å². The lowest BCUT2D eigenvalue weighted by molar-refractivity contribution is -0.142. The van der Waals surface area contributed by atoms with Crippen molar-refractivity contribution >= 4 is 11.9 Å². The summed E-state index contributed by atoms with van der Waals surface area (Å²) >= 11 is 0. The number of nitrogens with two attached hydrogens (primary N) is 1. The summed E-state index contributed by atoms with van der Waals surface area (Å²) in [5.74, 6) is -1.50. The SMILES string of the molecule is COC(=O)[C@@H](N)Cc1ccc(C)c(C(=O)O)c1. The van der Waals surface area contributed by atoms with E-state index in [1.54, 1.807) is 19.1 Å². The molecule has 5 heteroatoms. The van der Waals surface area contributed by atoms with Crippen molar-refractivity contribution < 1.29 is 19.4 Å². The Labute approximate surface area is 99.2 Å². The van der Waals surface area contributed by atoms with Crippen molar-refractivity contribution in [3.05, 3.63) is 34.9 Å². The predicted molar refractivity (Wildman–Crippen MR) is 61.8 cm³/mol. The minimum Gasteiger partial charge on any atom is -0.478 e. The standard InChI is InChI=1S/C12H15NO4/c1-7-3-4-8(5-9(7)11(14)15)6-10(13)12(16)17-2/h3-5,10H,6,13H2,1-2H3,(H,14,15)/t10-/m0/s1. The van der Waals surface area contributed by atoms with E-state index in [1.807, 2.05) is 0 Å². The minimum atomic E-state index is -0.990. The Bertz CT molecular complexity index is 442. The first-order valence-electron chi connectivity index (χ1n) is 5.12. The van der Waals surface area contributed by atoms with Crippen molar-refractivity contribution in [1.29, 1.82) is 0 Å². The third-order valence-corrected chi connectivity index (χ3v) is 2.49. The number of carbonyl (C=O) groups is 2. The van der Waals surface area contributed by atoms with Gasteiger partial charge in [-0.25, -0.2) is 4.79 Å². The predicted octanol–water partition coefficient (Wildman–Crippen LogP) is 0.736. The molecule has 0 aliphatic carbocycles. The van der Waals surface area contributed by atoms with Crippen LogP contribution in [0, 0.1) is 6.92 Å². The summed E-state index contributed by atoms with van der Waals surface area (Å²) in [6.45, 7) is 1.72. The highest BCUT2D eigenvalue weighted by molar-refractivity contribution is 5.89. The van der Waals surface area contributed by atoms with Crippen LogP contribution in [0.5, 0.6) is 0 Å². The summed E-state index contributed by atoms with van der Waals surface area (Å²) in [6, 6.07) is 4.21. The number of hydrogen-bond acceptors (Lipinski definition) is 4. The van der Waals surface area contributed by atoms with Crippen LogP contribution in [0.3, 0.4) is 0 Å². The largest absolute Gasteiger partial charge is 0.478 e. The average Bonchev–Trinajstić information content (AvgIpc) is 2.30. The molecule has 0 radical (unpaired) electrons. The highest BCUT2D eigenvalue weighted by atomic mass is 16.5. The van der Waals surface area contributed by atoms with Crippen molar-refractivity contribution in [3.8, 4) is 0 Å². The molecule has 0 bridgehead atoms. The first-order valence-corrected chi connectivity index (χ1v) is 5.12. The third-order valence-electron chi connectivity index (χ3n) is 2.49. The Balaban J connectivity index is 2.90. The molecule has 0 spiro atoms. The van der Waals surface area contributed by atoms with Gasteiger partial charge in [-0.1, -0.05) is 12.1 Å². The number of methoxy groups -OCH3 is 1. The zero-order valence-electron chi connectivity index (χ0n) is 9.77. The quantitative estimate of drug-likeness (QED) is 0.754. The van der Waals surface area contributed by atoms with E-state index in [0.29, 0.717) is 11.1 Å². The van der Waals surface area contributed by atoms with Crippen LogP contribution < -0.4 is 5.73 Å². The van der Waals surface area contributed by atoms with Gasteiger partial charge in [-0.2, -0.15) is 0 Å². The van der Waals surface area contributed by atoms with Crippen LogP contribution in [0.1, 0.15) is 21.5 Å². The normalized spacial score (nSPS) is 11.9. The number of ether oxygens (including phenoxy) is 1. The lowest BCUT2D eigenvalue weighted by Gasteiger charge is -2.10. The van der Waals surface area contributed by atoms with E-state index in [4.69, 9.17) is 10.8 Å². The van der Waals surface area contributed by atoms with E-state index in [-0.39, 0.29) is 12.0 Å². The molecule has 0 saturated carbocycles. The minimum absolute atomic E-state index is 0.222. The number of hydrogen-bond donors (Lipinski definition) is 2. The molecule has 17 heavy (non-hydrogen) atoms. The van der Waals surface area contributed by atoms with Crippen LogP contribution in [-0.2, 0) is 16.0 Å². The second-order valence-electron chi connectivity index (χ2n) is 3.79. The van der Waals surface area contributed by atoms with Gasteiger partial charge in [-0.05, 0) is 30.5 Å². The topological polar surface area (TPSA) is 89.6 Å². The lowest BCUT2D eigenvalue weighted by atomic mass is 10.0. The van der Waals surface area contributed by atoms with Gasteiger partial charge in [0.2, 0.25) is 0 Å². The molecule has 0 amide bonds. The molecule has 1 aromatic carbocycles. The Hall–Kier alpha value is -1.88. The summed E-state index contributed by atoms with van der Waals surface area (Å²) in [5.41, 5.74) is 7.20. The van der Waals surface area contributed by atoms with E-state index in [2.05, 4.69) is 4.74 Å². The van der Waals surface area contributed by atoms with E-state index < -0.39 is 18.0 Å². The number of benzene rings is 1. The third kappa shape index (κ3) is 3.29. The number of carbonyl (C=O) groups excluding carboxylic acids is 1. The van der Waals surface area contributed by atoms with E-state index in [9.17, 15) is 9.59 Å². The number of aromatic carboxylic acids is 1. The lowest BCUT2D eigenvalue weighted by Crippen LogP contribution is -2.33. The zero-order valence-corrected chi connectivity index (χ0v) is 9.77. The van der Waals surface area contributed by atoms with Crippen LogP contribution in [0.15, 0.2) is 18.2 Å². The smallest absolute Gasteiger partial charge is 0.335 e. The van der Waals surface area contributed by atoms with E-state index in [1.165, 1.54) is 13.2 Å². The van der Waals surface area contributed by atoms with Crippen LogP contribution in [0.4, 0.5) is 0 Å². The van der Waals surface area contributed by atoms with Crippen LogP contribution in [0.2, 0.25) is 0 Å². The molecule has 0 aliphatic rings. The number of aryl methyl sites for hydroxylation is 1. The fraction of sp³-hybridized carbons (Fsp3) is 0.333. The highest BCUT2D eigenvalue weighted by Gasteiger charge is 2.15. The number of esters is 1. The molecule has 1 rings (SSSR count). The van der Waals surface area contributed by atoms with Crippen LogP contribution in [0.25, 0.3) is 0 Å². The van der Waals surface area contributed by atoms with Crippen molar-refractivity contribution in [1.82, 2.24) is 0 Å². The number of rotatable bonds is 4. The second kappa shape index (κ2) is 5.45. The maximum Gasteiger partial charge on any atom is 0.335 e. The van der Waals surface area contributed by atoms with Gasteiger partial charge in [-0.15, -0.1) is 0 Å². The summed E-state index contributed by atoms with van der Waals surface area (Å²) in [4.78, 5) is 22.1. The van der Waals surface area contributed by atoms with Gasteiger partial charge in [0, 0.05) is 0 Å². The fourth-order valence-corrected chi connectivity index (χ4v) is 1.52. The second-order valence-corrected chi connectivity index (χ2v) is 3.79. The molecular weight excluding hydrogens is 222 g/mol. The molecule has 92 valence electrons. The fourth-order valence-electron chi connectivity index (χ4n) is 1.52. The van der Waals surface area contributed by atoms with Crippen molar-refractivity contribution in [3.63, 3.8) is 0 Å². The average molecular weight is 237 g/mol. The van der Waals surface area contributed by atoms with E-state index in [0.717, 1.165) is 0 Å². The first-order chi connectivity index (χ1) is 7.95. The molecule has 0 aromatic heterocycles. The van der Waals surface area contributed by atoms with Gasteiger partial charge in [0.1, 0.15) is 6.04 Å². The zero-order chi connectivity index (χ0) is 13.0. The van der Waals surface area contributed by atoms with Gasteiger partial charge in [-0.3, -0.25) is 4.79 Å². The summed E-state index contributed by atoms with van der Waals surface area (Å²) in [7, 11) is 1.26. The summed E-state index contributed by atoms with van der Waals surface area (Å²) in [6.07, 6.45) is 0.257. The maximum atomic E-state index is 11.1. The molecule has 5 nitrogen and oxygen atoms in total. The monoisotopic (exact) mass is 237 g/mol.